The first-order valence-electron chi connectivity index (χ1n) is 6.90. The van der Waals surface area contributed by atoms with E-state index in [9.17, 15) is 5.11 Å². The number of halogens is 1. The Morgan fingerprint density at radius 3 is 2.50 bits per heavy atom. The van der Waals surface area contributed by atoms with Gasteiger partial charge in [-0.05, 0) is 67.1 Å². The van der Waals surface area contributed by atoms with Crippen molar-refractivity contribution in [2.45, 2.75) is 32.3 Å². The van der Waals surface area contributed by atoms with Gasteiger partial charge in [-0.1, -0.05) is 28.1 Å². The number of ether oxygens (including phenoxy) is 1. The van der Waals surface area contributed by atoms with Crippen molar-refractivity contribution in [1.29, 1.82) is 0 Å². The standard InChI is InChI=1S/C17H17BrO2/c1-11(19)16-8-7-15(10-17(16)18)20-14-6-5-12-3-2-4-13(12)9-14/h5-11,19H,2-4H2,1H3/t11-/m1/s1. The van der Waals surface area contributed by atoms with Gasteiger partial charge in [0, 0.05) is 4.47 Å². The van der Waals surface area contributed by atoms with Crippen molar-refractivity contribution >= 4 is 15.9 Å². The summed E-state index contributed by atoms with van der Waals surface area (Å²) < 4.78 is 6.77. The molecular weight excluding hydrogens is 316 g/mol. The van der Waals surface area contributed by atoms with Crippen LogP contribution in [0, 0.1) is 0 Å². The van der Waals surface area contributed by atoms with Crippen LogP contribution in [0.25, 0.3) is 0 Å². The highest BCUT2D eigenvalue weighted by Crippen LogP contribution is 2.32. The van der Waals surface area contributed by atoms with Crippen LogP contribution in [0.4, 0.5) is 0 Å². The molecule has 2 nitrogen and oxygen atoms in total. The Morgan fingerprint density at radius 2 is 1.75 bits per heavy atom. The number of rotatable bonds is 3. The topological polar surface area (TPSA) is 29.5 Å². The van der Waals surface area contributed by atoms with Crippen LogP contribution in [-0.4, -0.2) is 5.11 Å². The predicted octanol–water partition coefficient (Wildman–Crippen LogP) is 4.78. The molecule has 0 heterocycles. The van der Waals surface area contributed by atoms with Gasteiger partial charge in [-0.2, -0.15) is 0 Å². The molecule has 3 heteroatoms. The SMILES string of the molecule is C[C@@H](O)c1ccc(Oc2ccc3c(c2)CCC3)cc1Br. The molecule has 0 aliphatic heterocycles. The molecule has 0 aromatic heterocycles. The predicted molar refractivity (Wildman–Crippen MR) is 83.3 cm³/mol. The molecule has 3 rings (SSSR count). The fraction of sp³-hybridized carbons (Fsp3) is 0.294. The molecule has 1 aliphatic rings. The van der Waals surface area contributed by atoms with Crippen LogP contribution in [0.1, 0.15) is 36.1 Å². The number of fused-ring (bicyclic) bond motifs is 1. The lowest BCUT2D eigenvalue weighted by Gasteiger charge is -2.11. The fourth-order valence-corrected chi connectivity index (χ4v) is 3.35. The minimum atomic E-state index is -0.488. The van der Waals surface area contributed by atoms with E-state index >= 15 is 0 Å². The summed E-state index contributed by atoms with van der Waals surface area (Å²) in [6, 6.07) is 12.0. The van der Waals surface area contributed by atoms with E-state index in [0.29, 0.717) is 0 Å². The summed E-state index contributed by atoms with van der Waals surface area (Å²) in [5.74, 6) is 1.65. The molecule has 2 aromatic rings. The highest BCUT2D eigenvalue weighted by atomic mass is 79.9. The van der Waals surface area contributed by atoms with E-state index < -0.39 is 6.10 Å². The van der Waals surface area contributed by atoms with E-state index in [2.05, 4.69) is 28.1 Å². The van der Waals surface area contributed by atoms with Gasteiger partial charge in [-0.3, -0.25) is 0 Å². The maximum atomic E-state index is 9.62. The number of aliphatic hydroxyl groups is 1. The first-order chi connectivity index (χ1) is 9.63. The summed E-state index contributed by atoms with van der Waals surface area (Å²) in [5.41, 5.74) is 3.72. The summed E-state index contributed by atoms with van der Waals surface area (Å²) in [6.45, 7) is 1.75. The molecular formula is C17H17BrO2. The van der Waals surface area contributed by atoms with E-state index in [1.807, 2.05) is 24.3 Å². The highest BCUT2D eigenvalue weighted by molar-refractivity contribution is 9.10. The van der Waals surface area contributed by atoms with Crippen LogP contribution < -0.4 is 4.74 Å². The van der Waals surface area contributed by atoms with E-state index in [1.165, 1.54) is 24.0 Å². The second kappa shape index (κ2) is 5.58. The van der Waals surface area contributed by atoms with E-state index in [-0.39, 0.29) is 0 Å². The van der Waals surface area contributed by atoms with E-state index in [4.69, 9.17) is 4.74 Å². The van der Waals surface area contributed by atoms with Crippen molar-refractivity contribution in [2.75, 3.05) is 0 Å². The largest absolute Gasteiger partial charge is 0.457 e. The van der Waals surface area contributed by atoms with Crippen LogP contribution in [0.2, 0.25) is 0 Å². The third kappa shape index (κ3) is 2.74. The molecule has 0 saturated carbocycles. The first kappa shape index (κ1) is 13.7. The Labute approximate surface area is 127 Å². The minimum absolute atomic E-state index is 0.488. The maximum Gasteiger partial charge on any atom is 0.128 e. The molecule has 0 saturated heterocycles. The van der Waals surface area contributed by atoms with Gasteiger partial charge in [0.1, 0.15) is 11.5 Å². The average molecular weight is 333 g/mol. The molecule has 1 atom stereocenters. The fourth-order valence-electron chi connectivity index (χ4n) is 2.66. The van der Waals surface area contributed by atoms with Gasteiger partial charge in [0.25, 0.3) is 0 Å². The number of hydrogen-bond acceptors (Lipinski definition) is 2. The van der Waals surface area contributed by atoms with Crippen LogP contribution in [0.5, 0.6) is 11.5 Å². The Bertz CT molecular complexity index is 635. The monoisotopic (exact) mass is 332 g/mol. The summed E-state index contributed by atoms with van der Waals surface area (Å²) in [6.07, 6.45) is 3.09. The molecule has 1 N–H and O–H groups in total. The zero-order valence-electron chi connectivity index (χ0n) is 11.4. The van der Waals surface area contributed by atoms with Crippen LogP contribution >= 0.6 is 15.9 Å². The van der Waals surface area contributed by atoms with Crippen molar-refractivity contribution in [3.8, 4) is 11.5 Å². The van der Waals surface area contributed by atoms with Crippen molar-refractivity contribution < 1.29 is 9.84 Å². The Balaban J connectivity index is 1.83. The Morgan fingerprint density at radius 1 is 1.05 bits per heavy atom. The van der Waals surface area contributed by atoms with Gasteiger partial charge >= 0.3 is 0 Å². The van der Waals surface area contributed by atoms with E-state index in [0.717, 1.165) is 28.0 Å². The first-order valence-corrected chi connectivity index (χ1v) is 7.70. The maximum absolute atomic E-state index is 9.62. The second-order valence-electron chi connectivity index (χ2n) is 5.25. The normalized spacial score (nSPS) is 14.9. The summed E-state index contributed by atoms with van der Waals surface area (Å²) in [4.78, 5) is 0. The average Bonchev–Trinajstić information content (AvgIpc) is 2.85. The molecule has 1 aliphatic carbocycles. The minimum Gasteiger partial charge on any atom is -0.457 e. The molecule has 0 spiro atoms. The molecule has 2 aromatic carbocycles. The summed E-state index contributed by atoms with van der Waals surface area (Å²) >= 11 is 3.47. The Kier molecular flexibility index (Phi) is 3.81. The number of aliphatic hydroxyl groups excluding tert-OH is 1. The van der Waals surface area contributed by atoms with Crippen molar-refractivity contribution in [2.24, 2.45) is 0 Å². The van der Waals surface area contributed by atoms with Crippen LogP contribution in [0.15, 0.2) is 40.9 Å². The van der Waals surface area contributed by atoms with Gasteiger partial charge in [0.05, 0.1) is 6.10 Å². The lowest BCUT2D eigenvalue weighted by molar-refractivity contribution is 0.198. The van der Waals surface area contributed by atoms with Gasteiger partial charge in [0.15, 0.2) is 0 Å². The third-order valence-corrected chi connectivity index (χ3v) is 4.41. The second-order valence-corrected chi connectivity index (χ2v) is 6.10. The van der Waals surface area contributed by atoms with Crippen molar-refractivity contribution in [3.05, 3.63) is 57.6 Å². The van der Waals surface area contributed by atoms with Gasteiger partial charge in [0.2, 0.25) is 0 Å². The molecule has 0 fully saturated rings. The molecule has 20 heavy (non-hydrogen) atoms. The highest BCUT2D eigenvalue weighted by Gasteiger charge is 2.12. The molecule has 0 amide bonds. The molecule has 0 bridgehead atoms. The third-order valence-electron chi connectivity index (χ3n) is 3.73. The summed E-state index contributed by atoms with van der Waals surface area (Å²) in [7, 11) is 0. The van der Waals surface area contributed by atoms with Gasteiger partial charge in [-0.15, -0.1) is 0 Å². The Hall–Kier alpha value is -1.32. The van der Waals surface area contributed by atoms with E-state index in [1.54, 1.807) is 6.92 Å². The van der Waals surface area contributed by atoms with Crippen LogP contribution in [-0.2, 0) is 12.8 Å². The number of hydrogen-bond donors (Lipinski definition) is 1. The van der Waals surface area contributed by atoms with Crippen molar-refractivity contribution in [3.63, 3.8) is 0 Å². The van der Waals surface area contributed by atoms with Gasteiger partial charge in [-0.25, -0.2) is 0 Å². The molecule has 104 valence electrons. The molecule has 0 unspecified atom stereocenters. The smallest absolute Gasteiger partial charge is 0.128 e. The van der Waals surface area contributed by atoms with Crippen molar-refractivity contribution in [1.82, 2.24) is 0 Å². The zero-order chi connectivity index (χ0) is 14.1. The zero-order valence-corrected chi connectivity index (χ0v) is 13.0. The number of aryl methyl sites for hydroxylation is 2. The lowest BCUT2D eigenvalue weighted by Crippen LogP contribution is -1.93. The number of benzene rings is 2. The summed E-state index contributed by atoms with van der Waals surface area (Å²) in [5, 5.41) is 9.62. The van der Waals surface area contributed by atoms with Gasteiger partial charge < -0.3 is 9.84 Å². The molecule has 0 radical (unpaired) electrons. The van der Waals surface area contributed by atoms with Crippen LogP contribution in [0.3, 0.4) is 0 Å². The lowest BCUT2D eigenvalue weighted by atomic mass is 10.1. The quantitative estimate of drug-likeness (QED) is 0.876.